The van der Waals surface area contributed by atoms with Gasteiger partial charge in [0.05, 0.1) is 0 Å². The van der Waals surface area contributed by atoms with Crippen molar-refractivity contribution in [1.82, 2.24) is 10.6 Å². The van der Waals surface area contributed by atoms with Crippen molar-refractivity contribution >= 4 is 11.9 Å². The van der Waals surface area contributed by atoms with Crippen molar-refractivity contribution in [1.29, 1.82) is 0 Å². The predicted octanol–water partition coefficient (Wildman–Crippen LogP) is 1.02. The maximum atomic E-state index is 11.3. The average molecular weight is 184 g/mol. The van der Waals surface area contributed by atoms with Crippen LogP contribution in [0.15, 0.2) is 0 Å². The molecule has 1 aliphatic rings. The quantitative estimate of drug-likeness (QED) is 0.643. The van der Waals surface area contributed by atoms with Crippen molar-refractivity contribution in [2.45, 2.75) is 39.2 Å². The smallest absolute Gasteiger partial charge is 0.322 e. The molecule has 0 spiro atoms. The van der Waals surface area contributed by atoms with E-state index in [9.17, 15) is 9.59 Å². The Labute approximate surface area is 78.1 Å². The standard InChI is InChI=1S/C9H16N2O2/c1-6(2)4-5-9(3)7(12)10-8(13)11-9/h6H,4-5H2,1-3H3,(H2,10,11,12,13). The first kappa shape index (κ1) is 10.0. The van der Waals surface area contributed by atoms with E-state index >= 15 is 0 Å². The molecule has 1 rings (SSSR count). The molecule has 0 aliphatic carbocycles. The lowest BCUT2D eigenvalue weighted by atomic mass is 9.92. The lowest BCUT2D eigenvalue weighted by Crippen LogP contribution is -2.43. The van der Waals surface area contributed by atoms with Gasteiger partial charge in [0, 0.05) is 0 Å². The topological polar surface area (TPSA) is 58.2 Å². The second-order valence-electron chi connectivity index (χ2n) is 4.17. The van der Waals surface area contributed by atoms with Crippen LogP contribution in [0, 0.1) is 5.92 Å². The maximum Gasteiger partial charge on any atom is 0.322 e. The summed E-state index contributed by atoms with van der Waals surface area (Å²) in [5, 5.41) is 4.88. The third-order valence-corrected chi connectivity index (χ3v) is 2.34. The predicted molar refractivity (Wildman–Crippen MR) is 49.2 cm³/mol. The third-order valence-electron chi connectivity index (χ3n) is 2.34. The van der Waals surface area contributed by atoms with Crippen molar-refractivity contribution in [2.75, 3.05) is 0 Å². The number of nitrogens with one attached hydrogen (secondary N) is 2. The van der Waals surface area contributed by atoms with E-state index in [0.29, 0.717) is 12.3 Å². The second-order valence-corrected chi connectivity index (χ2v) is 4.17. The van der Waals surface area contributed by atoms with E-state index in [-0.39, 0.29) is 11.9 Å². The Balaban J connectivity index is 2.55. The Hall–Kier alpha value is -1.06. The van der Waals surface area contributed by atoms with Crippen LogP contribution in [0.5, 0.6) is 0 Å². The Morgan fingerprint density at radius 2 is 2.00 bits per heavy atom. The first-order chi connectivity index (χ1) is 5.94. The molecule has 1 saturated heterocycles. The molecule has 3 amide bonds. The number of hydrogen-bond acceptors (Lipinski definition) is 2. The van der Waals surface area contributed by atoms with Crippen LogP contribution < -0.4 is 10.6 Å². The van der Waals surface area contributed by atoms with Gasteiger partial charge < -0.3 is 5.32 Å². The molecule has 2 N–H and O–H groups in total. The van der Waals surface area contributed by atoms with E-state index in [2.05, 4.69) is 24.5 Å². The minimum atomic E-state index is -0.693. The number of rotatable bonds is 3. The van der Waals surface area contributed by atoms with Gasteiger partial charge in [-0.3, -0.25) is 10.1 Å². The molecule has 1 aliphatic heterocycles. The number of imide groups is 1. The minimum absolute atomic E-state index is 0.210. The van der Waals surface area contributed by atoms with Gasteiger partial charge in [0.2, 0.25) is 0 Å². The van der Waals surface area contributed by atoms with Crippen LogP contribution in [0.2, 0.25) is 0 Å². The van der Waals surface area contributed by atoms with Gasteiger partial charge in [-0.05, 0) is 25.7 Å². The highest BCUT2D eigenvalue weighted by Crippen LogP contribution is 2.19. The van der Waals surface area contributed by atoms with Gasteiger partial charge in [0.25, 0.3) is 5.91 Å². The first-order valence-corrected chi connectivity index (χ1v) is 4.57. The summed E-state index contributed by atoms with van der Waals surface area (Å²) in [4.78, 5) is 22.2. The highest BCUT2D eigenvalue weighted by Gasteiger charge is 2.41. The highest BCUT2D eigenvalue weighted by molar-refractivity contribution is 6.06. The monoisotopic (exact) mass is 184 g/mol. The molecule has 0 bridgehead atoms. The van der Waals surface area contributed by atoms with Gasteiger partial charge >= 0.3 is 6.03 Å². The van der Waals surface area contributed by atoms with Gasteiger partial charge in [0.15, 0.2) is 0 Å². The first-order valence-electron chi connectivity index (χ1n) is 4.57. The van der Waals surface area contributed by atoms with Crippen LogP contribution in [0.4, 0.5) is 4.79 Å². The van der Waals surface area contributed by atoms with E-state index in [1.54, 1.807) is 6.92 Å². The van der Waals surface area contributed by atoms with E-state index in [1.807, 2.05) is 0 Å². The Morgan fingerprint density at radius 3 is 2.38 bits per heavy atom. The summed E-state index contributed by atoms with van der Waals surface area (Å²) in [6.07, 6.45) is 1.63. The summed E-state index contributed by atoms with van der Waals surface area (Å²) >= 11 is 0. The van der Waals surface area contributed by atoms with Crippen molar-refractivity contribution in [3.63, 3.8) is 0 Å². The Bertz CT molecular complexity index is 238. The number of hydrogen-bond donors (Lipinski definition) is 2. The molecule has 13 heavy (non-hydrogen) atoms. The zero-order valence-corrected chi connectivity index (χ0v) is 8.31. The van der Waals surface area contributed by atoms with Crippen LogP contribution in [0.3, 0.4) is 0 Å². The van der Waals surface area contributed by atoms with E-state index in [0.717, 1.165) is 6.42 Å². The summed E-state index contributed by atoms with van der Waals surface area (Å²) in [6.45, 7) is 5.95. The molecule has 0 saturated carbocycles. The summed E-state index contributed by atoms with van der Waals surface area (Å²) < 4.78 is 0. The minimum Gasteiger partial charge on any atom is -0.324 e. The van der Waals surface area contributed by atoms with Gasteiger partial charge in [-0.2, -0.15) is 0 Å². The molecular weight excluding hydrogens is 168 g/mol. The molecule has 0 aromatic carbocycles. The lowest BCUT2D eigenvalue weighted by Gasteiger charge is -2.21. The Morgan fingerprint density at radius 1 is 1.38 bits per heavy atom. The number of amides is 3. The number of carbonyl (C=O) groups excluding carboxylic acids is 2. The fourth-order valence-corrected chi connectivity index (χ4v) is 1.33. The maximum absolute atomic E-state index is 11.3. The third kappa shape index (κ3) is 2.20. The fourth-order valence-electron chi connectivity index (χ4n) is 1.33. The number of urea groups is 1. The van der Waals surface area contributed by atoms with Gasteiger partial charge in [-0.15, -0.1) is 0 Å². The summed E-state index contributed by atoms with van der Waals surface area (Å²) in [6, 6.07) is -0.378. The zero-order chi connectivity index (χ0) is 10.1. The molecule has 1 heterocycles. The van der Waals surface area contributed by atoms with Gasteiger partial charge in [0.1, 0.15) is 5.54 Å². The van der Waals surface area contributed by atoms with Crippen molar-refractivity contribution in [2.24, 2.45) is 5.92 Å². The SMILES string of the molecule is CC(C)CCC1(C)NC(=O)NC1=O. The summed E-state index contributed by atoms with van der Waals surface area (Å²) in [5.41, 5.74) is -0.693. The van der Waals surface area contributed by atoms with Crippen LogP contribution >= 0.6 is 0 Å². The average Bonchev–Trinajstić information content (AvgIpc) is 2.23. The lowest BCUT2D eigenvalue weighted by molar-refractivity contribution is -0.123. The molecule has 0 aromatic rings. The van der Waals surface area contributed by atoms with E-state index < -0.39 is 5.54 Å². The Kier molecular flexibility index (Phi) is 2.59. The largest absolute Gasteiger partial charge is 0.324 e. The van der Waals surface area contributed by atoms with Crippen LogP contribution in [-0.4, -0.2) is 17.5 Å². The van der Waals surface area contributed by atoms with Crippen molar-refractivity contribution in [3.05, 3.63) is 0 Å². The fraction of sp³-hybridized carbons (Fsp3) is 0.778. The normalized spacial score (nSPS) is 27.7. The molecule has 74 valence electrons. The molecule has 1 fully saturated rings. The van der Waals surface area contributed by atoms with Crippen molar-refractivity contribution in [3.8, 4) is 0 Å². The molecule has 0 aromatic heterocycles. The van der Waals surface area contributed by atoms with E-state index in [4.69, 9.17) is 0 Å². The summed E-state index contributed by atoms with van der Waals surface area (Å²) in [5.74, 6) is 0.334. The van der Waals surface area contributed by atoms with Crippen molar-refractivity contribution < 1.29 is 9.59 Å². The molecule has 0 radical (unpaired) electrons. The molecule has 1 unspecified atom stereocenters. The number of carbonyl (C=O) groups is 2. The van der Waals surface area contributed by atoms with Crippen LogP contribution in [0.1, 0.15) is 33.6 Å². The van der Waals surface area contributed by atoms with E-state index in [1.165, 1.54) is 0 Å². The zero-order valence-electron chi connectivity index (χ0n) is 8.31. The highest BCUT2D eigenvalue weighted by atomic mass is 16.2. The van der Waals surface area contributed by atoms with Crippen LogP contribution in [-0.2, 0) is 4.79 Å². The van der Waals surface area contributed by atoms with Gasteiger partial charge in [-0.1, -0.05) is 13.8 Å². The molecule has 4 nitrogen and oxygen atoms in total. The summed E-state index contributed by atoms with van der Waals surface area (Å²) in [7, 11) is 0. The molecular formula is C9H16N2O2. The molecule has 4 heteroatoms. The second kappa shape index (κ2) is 3.36. The van der Waals surface area contributed by atoms with Gasteiger partial charge in [-0.25, -0.2) is 4.79 Å². The van der Waals surface area contributed by atoms with Crippen LogP contribution in [0.25, 0.3) is 0 Å². The molecule has 1 atom stereocenters.